The molecule has 0 heterocycles. The number of rotatable bonds is 9. The van der Waals surface area contributed by atoms with Crippen LogP contribution in [-0.4, -0.2) is 31.5 Å². The van der Waals surface area contributed by atoms with Gasteiger partial charge in [-0.05, 0) is 49.7 Å². The molecule has 2 rings (SSSR count). The number of halogens is 1. The summed E-state index contributed by atoms with van der Waals surface area (Å²) < 4.78 is 6.51. The second-order valence-corrected chi connectivity index (χ2v) is 6.79. The molecule has 5 nitrogen and oxygen atoms in total. The van der Waals surface area contributed by atoms with E-state index in [2.05, 4.69) is 26.6 Å². The van der Waals surface area contributed by atoms with E-state index in [1.165, 1.54) is 5.56 Å². The predicted molar refractivity (Wildman–Crippen MR) is 105 cm³/mol. The molecule has 0 fully saturated rings. The Bertz CT molecular complexity index is 715. The van der Waals surface area contributed by atoms with Crippen LogP contribution in [0.5, 0.6) is 5.75 Å². The molecule has 6 heteroatoms. The number of hydrogen-bond donors (Lipinski definition) is 2. The van der Waals surface area contributed by atoms with Gasteiger partial charge >= 0.3 is 0 Å². The summed E-state index contributed by atoms with van der Waals surface area (Å²) in [5, 5.41) is 5.56. The van der Waals surface area contributed by atoms with E-state index in [9.17, 15) is 9.59 Å². The van der Waals surface area contributed by atoms with Crippen LogP contribution in [0.4, 0.5) is 0 Å². The number of amides is 2. The van der Waals surface area contributed by atoms with E-state index < -0.39 is 0 Å². The largest absolute Gasteiger partial charge is 0.494 e. The molecule has 0 aliphatic carbocycles. The number of aryl methyl sites for hydroxylation is 1. The lowest BCUT2D eigenvalue weighted by molar-refractivity contribution is -0.121. The van der Waals surface area contributed by atoms with E-state index in [1.54, 1.807) is 12.1 Å². The molecule has 0 radical (unpaired) electrons. The Morgan fingerprint density at radius 3 is 2.31 bits per heavy atom. The van der Waals surface area contributed by atoms with Gasteiger partial charge in [0.1, 0.15) is 5.75 Å². The van der Waals surface area contributed by atoms with E-state index in [1.807, 2.05) is 43.3 Å². The number of hydrogen-bond acceptors (Lipinski definition) is 3. The summed E-state index contributed by atoms with van der Waals surface area (Å²) in [6.45, 7) is 3.31. The van der Waals surface area contributed by atoms with Crippen molar-refractivity contribution < 1.29 is 14.3 Å². The Hall–Kier alpha value is -2.34. The Morgan fingerprint density at radius 1 is 0.962 bits per heavy atom. The Labute approximate surface area is 162 Å². The third-order valence-corrected chi connectivity index (χ3v) is 4.21. The molecule has 0 spiro atoms. The Kier molecular flexibility index (Phi) is 8.15. The summed E-state index contributed by atoms with van der Waals surface area (Å²) in [6.07, 6.45) is 1.04. The number of carbonyl (C=O) groups excluding carboxylic acids is 2. The fourth-order valence-electron chi connectivity index (χ4n) is 2.23. The van der Waals surface area contributed by atoms with Crippen molar-refractivity contribution in [2.75, 3.05) is 19.7 Å². The van der Waals surface area contributed by atoms with E-state index >= 15 is 0 Å². The molecule has 0 saturated heterocycles. The summed E-state index contributed by atoms with van der Waals surface area (Å²) in [4.78, 5) is 23.7. The molecule has 0 unspecified atom stereocenters. The number of carbonyl (C=O) groups is 2. The molecule has 2 aromatic carbocycles. The quantitative estimate of drug-likeness (QED) is 0.612. The van der Waals surface area contributed by atoms with Crippen LogP contribution < -0.4 is 15.4 Å². The zero-order chi connectivity index (χ0) is 18.8. The van der Waals surface area contributed by atoms with Gasteiger partial charge in [0.2, 0.25) is 5.91 Å². The average Bonchev–Trinajstić information content (AvgIpc) is 2.64. The SMILES string of the molecule is Cc1ccc(OCCCC(=O)NCCNC(=O)c2ccc(Br)cc2)cc1. The molecule has 138 valence electrons. The minimum atomic E-state index is -0.154. The molecular weight excluding hydrogens is 396 g/mol. The first-order valence-electron chi connectivity index (χ1n) is 8.54. The van der Waals surface area contributed by atoms with Gasteiger partial charge < -0.3 is 15.4 Å². The highest BCUT2D eigenvalue weighted by molar-refractivity contribution is 9.10. The third-order valence-electron chi connectivity index (χ3n) is 3.68. The fourth-order valence-corrected chi connectivity index (χ4v) is 2.49. The second-order valence-electron chi connectivity index (χ2n) is 5.88. The molecule has 0 aliphatic rings. The van der Waals surface area contributed by atoms with Crippen molar-refractivity contribution in [2.24, 2.45) is 0 Å². The molecular formula is C20H23BrN2O3. The van der Waals surface area contributed by atoms with E-state index in [4.69, 9.17) is 4.74 Å². The van der Waals surface area contributed by atoms with Crippen LogP contribution in [0.25, 0.3) is 0 Å². The minimum absolute atomic E-state index is 0.0459. The first-order valence-corrected chi connectivity index (χ1v) is 9.34. The van der Waals surface area contributed by atoms with E-state index in [0.717, 1.165) is 10.2 Å². The molecule has 0 atom stereocenters. The van der Waals surface area contributed by atoms with Crippen LogP contribution >= 0.6 is 15.9 Å². The third kappa shape index (κ3) is 7.27. The summed E-state index contributed by atoms with van der Waals surface area (Å²) in [6, 6.07) is 14.9. The Balaban J connectivity index is 1.54. The topological polar surface area (TPSA) is 67.4 Å². The molecule has 0 bridgehead atoms. The van der Waals surface area contributed by atoms with Crippen molar-refractivity contribution in [2.45, 2.75) is 19.8 Å². The summed E-state index contributed by atoms with van der Waals surface area (Å²) in [7, 11) is 0. The number of nitrogens with one attached hydrogen (secondary N) is 2. The van der Waals surface area contributed by atoms with Crippen LogP contribution in [0.3, 0.4) is 0 Å². The lowest BCUT2D eigenvalue weighted by Crippen LogP contribution is -2.34. The van der Waals surface area contributed by atoms with Gasteiger partial charge in [-0.1, -0.05) is 33.6 Å². The molecule has 0 aliphatic heterocycles. The van der Waals surface area contributed by atoms with Gasteiger partial charge in [0, 0.05) is 29.5 Å². The van der Waals surface area contributed by atoms with Gasteiger partial charge in [-0.3, -0.25) is 9.59 Å². The molecule has 26 heavy (non-hydrogen) atoms. The normalized spacial score (nSPS) is 10.2. The zero-order valence-electron chi connectivity index (χ0n) is 14.8. The van der Waals surface area contributed by atoms with Gasteiger partial charge in [0.25, 0.3) is 5.91 Å². The predicted octanol–water partition coefficient (Wildman–Crippen LogP) is 3.46. The highest BCUT2D eigenvalue weighted by Crippen LogP contribution is 2.12. The lowest BCUT2D eigenvalue weighted by Gasteiger charge is -2.08. The van der Waals surface area contributed by atoms with Crippen LogP contribution in [0.2, 0.25) is 0 Å². The van der Waals surface area contributed by atoms with E-state index in [-0.39, 0.29) is 11.8 Å². The van der Waals surface area contributed by atoms with Crippen LogP contribution in [-0.2, 0) is 4.79 Å². The smallest absolute Gasteiger partial charge is 0.251 e. The monoisotopic (exact) mass is 418 g/mol. The van der Waals surface area contributed by atoms with Crippen LogP contribution in [0.15, 0.2) is 53.0 Å². The van der Waals surface area contributed by atoms with E-state index in [0.29, 0.717) is 38.1 Å². The van der Waals surface area contributed by atoms with Crippen molar-refractivity contribution >= 4 is 27.7 Å². The molecule has 0 saturated carbocycles. The lowest BCUT2D eigenvalue weighted by atomic mass is 10.2. The maximum absolute atomic E-state index is 11.9. The number of ether oxygens (including phenoxy) is 1. The first kappa shape index (κ1) is 20.0. The summed E-state index contributed by atoms with van der Waals surface area (Å²) in [5.74, 6) is 0.611. The number of benzene rings is 2. The Morgan fingerprint density at radius 2 is 1.62 bits per heavy atom. The molecule has 2 amide bonds. The fraction of sp³-hybridized carbons (Fsp3) is 0.300. The van der Waals surface area contributed by atoms with Gasteiger partial charge in [-0.15, -0.1) is 0 Å². The van der Waals surface area contributed by atoms with Crippen molar-refractivity contribution in [1.29, 1.82) is 0 Å². The van der Waals surface area contributed by atoms with Crippen molar-refractivity contribution in [3.63, 3.8) is 0 Å². The highest BCUT2D eigenvalue weighted by Gasteiger charge is 2.05. The average molecular weight is 419 g/mol. The maximum atomic E-state index is 11.9. The maximum Gasteiger partial charge on any atom is 0.251 e. The van der Waals surface area contributed by atoms with Crippen molar-refractivity contribution in [3.05, 3.63) is 64.1 Å². The zero-order valence-corrected chi connectivity index (χ0v) is 16.3. The molecule has 0 aromatic heterocycles. The van der Waals surface area contributed by atoms with Crippen LogP contribution in [0.1, 0.15) is 28.8 Å². The van der Waals surface area contributed by atoms with Gasteiger partial charge in [-0.25, -0.2) is 0 Å². The van der Waals surface area contributed by atoms with Crippen molar-refractivity contribution in [3.8, 4) is 5.75 Å². The highest BCUT2D eigenvalue weighted by atomic mass is 79.9. The second kappa shape index (κ2) is 10.6. The molecule has 2 aromatic rings. The van der Waals surface area contributed by atoms with Gasteiger partial charge in [0.15, 0.2) is 0 Å². The van der Waals surface area contributed by atoms with Gasteiger partial charge in [0.05, 0.1) is 6.61 Å². The standard InChI is InChI=1S/C20H23BrN2O3/c1-15-4-10-18(11-5-15)26-14-2-3-19(24)22-12-13-23-20(25)16-6-8-17(21)9-7-16/h4-11H,2-3,12-14H2,1H3,(H,22,24)(H,23,25). The summed E-state index contributed by atoms with van der Waals surface area (Å²) in [5.41, 5.74) is 1.77. The van der Waals surface area contributed by atoms with Crippen LogP contribution in [0, 0.1) is 6.92 Å². The first-order chi connectivity index (χ1) is 12.5. The summed E-state index contributed by atoms with van der Waals surface area (Å²) >= 11 is 3.33. The van der Waals surface area contributed by atoms with Gasteiger partial charge in [-0.2, -0.15) is 0 Å². The molecule has 2 N–H and O–H groups in total. The van der Waals surface area contributed by atoms with Crippen molar-refractivity contribution in [1.82, 2.24) is 10.6 Å². The minimum Gasteiger partial charge on any atom is -0.494 e.